The van der Waals surface area contributed by atoms with Crippen LogP contribution in [0.25, 0.3) is 0 Å². The lowest BCUT2D eigenvalue weighted by Crippen LogP contribution is -2.39. The quantitative estimate of drug-likeness (QED) is 0.613. The molecular formula is C24H29NO5. The Kier molecular flexibility index (Phi) is 8.04. The van der Waals surface area contributed by atoms with Crippen molar-refractivity contribution in [1.82, 2.24) is 5.32 Å². The van der Waals surface area contributed by atoms with Crippen molar-refractivity contribution >= 4 is 12.1 Å². The smallest absolute Gasteiger partial charge is 0.408 e. The minimum absolute atomic E-state index is 0.152. The van der Waals surface area contributed by atoms with E-state index in [2.05, 4.69) is 5.32 Å². The summed E-state index contributed by atoms with van der Waals surface area (Å²) in [6, 6.07) is 16.9. The van der Waals surface area contributed by atoms with E-state index in [1.165, 1.54) is 13.0 Å². The fourth-order valence-corrected chi connectivity index (χ4v) is 2.70. The highest BCUT2D eigenvalue weighted by atomic mass is 16.6. The molecule has 0 aliphatic heterocycles. The second-order valence-electron chi connectivity index (χ2n) is 8.03. The third-order valence-corrected chi connectivity index (χ3v) is 4.12. The molecule has 0 aliphatic carbocycles. The SMILES string of the molecule is C/C(=C\C(Cc1ccc(OCc2ccccc2)cc1)NC(=O)OC(C)(C)C)C(=O)O. The van der Waals surface area contributed by atoms with E-state index < -0.39 is 23.7 Å². The molecule has 0 heterocycles. The topological polar surface area (TPSA) is 84.9 Å². The van der Waals surface area contributed by atoms with Crippen LogP contribution in [-0.2, 0) is 22.6 Å². The molecule has 2 aromatic carbocycles. The molecule has 2 aromatic rings. The van der Waals surface area contributed by atoms with Crippen LogP contribution in [-0.4, -0.2) is 28.8 Å². The predicted octanol–water partition coefficient (Wildman–Crippen LogP) is 4.73. The lowest BCUT2D eigenvalue weighted by atomic mass is 10.0. The molecule has 0 saturated carbocycles. The Bertz CT molecular complexity index is 867. The summed E-state index contributed by atoms with van der Waals surface area (Å²) < 4.78 is 11.1. The molecule has 2 N–H and O–H groups in total. The lowest BCUT2D eigenvalue weighted by Gasteiger charge is -2.22. The molecule has 0 saturated heterocycles. The van der Waals surface area contributed by atoms with Crippen LogP contribution in [0, 0.1) is 0 Å². The molecule has 1 unspecified atom stereocenters. The van der Waals surface area contributed by atoms with Crippen LogP contribution in [0.2, 0.25) is 0 Å². The number of nitrogens with one attached hydrogen (secondary N) is 1. The van der Waals surface area contributed by atoms with Gasteiger partial charge in [0.1, 0.15) is 18.0 Å². The maximum Gasteiger partial charge on any atom is 0.408 e. The summed E-state index contributed by atoms with van der Waals surface area (Å²) in [4.78, 5) is 23.4. The first-order valence-electron chi connectivity index (χ1n) is 9.79. The summed E-state index contributed by atoms with van der Waals surface area (Å²) in [5.41, 5.74) is 1.52. The maximum atomic E-state index is 12.2. The van der Waals surface area contributed by atoms with E-state index in [0.29, 0.717) is 13.0 Å². The molecule has 160 valence electrons. The Morgan fingerprint density at radius 3 is 2.23 bits per heavy atom. The molecule has 6 heteroatoms. The Morgan fingerprint density at radius 2 is 1.67 bits per heavy atom. The Balaban J connectivity index is 2.03. The first-order valence-corrected chi connectivity index (χ1v) is 9.79. The van der Waals surface area contributed by atoms with Crippen LogP contribution >= 0.6 is 0 Å². The fraction of sp³-hybridized carbons (Fsp3) is 0.333. The molecule has 0 bridgehead atoms. The van der Waals surface area contributed by atoms with Gasteiger partial charge in [-0.1, -0.05) is 48.5 Å². The van der Waals surface area contributed by atoms with E-state index in [4.69, 9.17) is 9.47 Å². The van der Waals surface area contributed by atoms with Crippen LogP contribution in [0.3, 0.4) is 0 Å². The normalized spacial score (nSPS) is 12.7. The minimum atomic E-state index is -1.03. The number of carbonyl (C=O) groups excluding carboxylic acids is 1. The molecular weight excluding hydrogens is 382 g/mol. The highest BCUT2D eigenvalue weighted by molar-refractivity contribution is 5.86. The molecule has 0 spiro atoms. The molecule has 2 rings (SSSR count). The first-order chi connectivity index (χ1) is 14.1. The average molecular weight is 411 g/mol. The number of carboxylic acid groups (broad SMARTS) is 1. The summed E-state index contributed by atoms with van der Waals surface area (Å²) in [6.45, 7) is 7.28. The van der Waals surface area contributed by atoms with Gasteiger partial charge in [0.2, 0.25) is 0 Å². The molecule has 1 atom stereocenters. The van der Waals surface area contributed by atoms with Crippen LogP contribution < -0.4 is 10.1 Å². The zero-order valence-corrected chi connectivity index (χ0v) is 17.8. The van der Waals surface area contributed by atoms with E-state index in [9.17, 15) is 14.7 Å². The molecule has 0 aromatic heterocycles. The number of hydrogen-bond acceptors (Lipinski definition) is 4. The maximum absolute atomic E-state index is 12.2. The minimum Gasteiger partial charge on any atom is -0.489 e. The monoisotopic (exact) mass is 411 g/mol. The van der Waals surface area contributed by atoms with E-state index in [1.54, 1.807) is 20.8 Å². The standard InChI is InChI=1S/C24H29NO5/c1-17(22(26)27)14-20(25-23(28)30-24(2,3)4)15-18-10-12-21(13-11-18)29-16-19-8-6-5-7-9-19/h5-14,20H,15-16H2,1-4H3,(H,25,28)(H,26,27)/b17-14+. The van der Waals surface area contributed by atoms with Gasteiger partial charge >= 0.3 is 12.1 Å². The van der Waals surface area contributed by atoms with Crippen molar-refractivity contribution in [3.8, 4) is 5.75 Å². The molecule has 0 aliphatic rings. The Labute approximate surface area is 177 Å². The summed E-state index contributed by atoms with van der Waals surface area (Å²) >= 11 is 0. The van der Waals surface area contributed by atoms with E-state index in [-0.39, 0.29) is 5.57 Å². The third kappa shape index (κ3) is 8.39. The molecule has 0 fully saturated rings. The van der Waals surface area contributed by atoms with Gasteiger partial charge < -0.3 is 19.9 Å². The van der Waals surface area contributed by atoms with E-state index in [0.717, 1.165) is 16.9 Å². The predicted molar refractivity (Wildman–Crippen MR) is 115 cm³/mol. The van der Waals surface area contributed by atoms with Gasteiger partial charge in [-0.15, -0.1) is 0 Å². The number of carboxylic acids is 1. The number of hydrogen-bond donors (Lipinski definition) is 2. The highest BCUT2D eigenvalue weighted by Crippen LogP contribution is 2.16. The second kappa shape index (κ2) is 10.5. The van der Waals surface area contributed by atoms with Crippen molar-refractivity contribution < 1.29 is 24.2 Å². The summed E-state index contributed by atoms with van der Waals surface area (Å²) in [7, 11) is 0. The zero-order chi connectivity index (χ0) is 22.1. The van der Waals surface area contributed by atoms with Gasteiger partial charge in [-0.25, -0.2) is 9.59 Å². The second-order valence-corrected chi connectivity index (χ2v) is 8.03. The largest absolute Gasteiger partial charge is 0.489 e. The highest BCUT2D eigenvalue weighted by Gasteiger charge is 2.19. The third-order valence-electron chi connectivity index (χ3n) is 4.12. The summed E-state index contributed by atoms with van der Waals surface area (Å²) in [5.74, 6) is -0.299. The zero-order valence-electron chi connectivity index (χ0n) is 17.8. The number of amides is 1. The van der Waals surface area contributed by atoms with E-state index >= 15 is 0 Å². The van der Waals surface area contributed by atoms with Gasteiger partial charge in [0.05, 0.1) is 6.04 Å². The number of benzene rings is 2. The van der Waals surface area contributed by atoms with Gasteiger partial charge in [-0.2, -0.15) is 0 Å². The molecule has 0 radical (unpaired) electrons. The van der Waals surface area contributed by atoms with Crippen molar-refractivity contribution in [2.45, 2.75) is 52.4 Å². The van der Waals surface area contributed by atoms with Crippen molar-refractivity contribution in [3.05, 3.63) is 77.4 Å². The fourth-order valence-electron chi connectivity index (χ4n) is 2.70. The summed E-state index contributed by atoms with van der Waals surface area (Å²) in [6.07, 6.45) is 1.35. The van der Waals surface area contributed by atoms with Gasteiger partial charge in [-0.05, 0) is 57.4 Å². The molecule has 30 heavy (non-hydrogen) atoms. The summed E-state index contributed by atoms with van der Waals surface area (Å²) in [5, 5.41) is 11.9. The number of aliphatic carboxylic acids is 1. The number of alkyl carbamates (subject to hydrolysis) is 1. The molecule has 6 nitrogen and oxygen atoms in total. The number of ether oxygens (including phenoxy) is 2. The van der Waals surface area contributed by atoms with Crippen LogP contribution in [0.15, 0.2) is 66.2 Å². The lowest BCUT2D eigenvalue weighted by molar-refractivity contribution is -0.132. The van der Waals surface area contributed by atoms with Crippen molar-refractivity contribution in [2.24, 2.45) is 0 Å². The van der Waals surface area contributed by atoms with Crippen molar-refractivity contribution in [3.63, 3.8) is 0 Å². The van der Waals surface area contributed by atoms with Crippen LogP contribution in [0.4, 0.5) is 4.79 Å². The Hall–Kier alpha value is -3.28. The van der Waals surface area contributed by atoms with Crippen LogP contribution in [0.1, 0.15) is 38.8 Å². The average Bonchev–Trinajstić information content (AvgIpc) is 2.66. The Morgan fingerprint density at radius 1 is 1.03 bits per heavy atom. The van der Waals surface area contributed by atoms with Crippen molar-refractivity contribution in [1.29, 1.82) is 0 Å². The van der Waals surface area contributed by atoms with Crippen molar-refractivity contribution in [2.75, 3.05) is 0 Å². The van der Waals surface area contributed by atoms with Crippen LogP contribution in [0.5, 0.6) is 5.75 Å². The van der Waals surface area contributed by atoms with Gasteiger partial charge in [0, 0.05) is 5.57 Å². The molecule has 1 amide bonds. The number of rotatable bonds is 8. The van der Waals surface area contributed by atoms with E-state index in [1.807, 2.05) is 54.6 Å². The van der Waals surface area contributed by atoms with Gasteiger partial charge in [0.15, 0.2) is 0 Å². The van der Waals surface area contributed by atoms with Gasteiger partial charge in [0.25, 0.3) is 0 Å². The first kappa shape index (κ1) is 23.0. The van der Waals surface area contributed by atoms with Gasteiger partial charge in [-0.3, -0.25) is 0 Å². The number of carbonyl (C=O) groups is 2.